The third-order valence-electron chi connectivity index (χ3n) is 1.53. The molecule has 0 saturated heterocycles. The lowest BCUT2D eigenvalue weighted by Crippen LogP contribution is -2.23. The van der Waals surface area contributed by atoms with E-state index in [0.717, 1.165) is 3.57 Å². The number of nitriles is 1. The molecule has 0 aliphatic carbocycles. The van der Waals surface area contributed by atoms with Crippen LogP contribution < -0.4 is 5.32 Å². The number of amides is 1. The lowest BCUT2D eigenvalue weighted by molar-refractivity contribution is 0.0956. The summed E-state index contributed by atoms with van der Waals surface area (Å²) < 4.78 is 0.850. The zero-order chi connectivity index (χ0) is 10.6. The minimum atomic E-state index is -0.442. The predicted molar refractivity (Wildman–Crippen MR) is 58.8 cm³/mol. The van der Waals surface area contributed by atoms with E-state index in [4.69, 9.17) is 5.26 Å². The second kappa shape index (κ2) is 4.81. The van der Waals surface area contributed by atoms with Gasteiger partial charge in [-0.05, 0) is 40.8 Å². The van der Waals surface area contributed by atoms with Crippen LogP contribution >= 0.6 is 22.6 Å². The number of hydrogen-bond donors (Lipinski definition) is 2. The largest absolute Gasteiger partial charge is 0.507 e. The van der Waals surface area contributed by atoms with Crippen LogP contribution in [0.15, 0.2) is 18.2 Å². The molecular formula is C9H7IN2O2. The van der Waals surface area contributed by atoms with Crippen LogP contribution in [-0.4, -0.2) is 17.6 Å². The molecular weight excluding hydrogens is 295 g/mol. The van der Waals surface area contributed by atoms with Gasteiger partial charge in [-0.15, -0.1) is 0 Å². The average molecular weight is 302 g/mol. The highest BCUT2D eigenvalue weighted by atomic mass is 127. The molecule has 2 N–H and O–H groups in total. The summed E-state index contributed by atoms with van der Waals surface area (Å²) in [5, 5.41) is 20.0. The highest BCUT2D eigenvalue weighted by Gasteiger charge is 2.10. The molecule has 0 fully saturated rings. The molecule has 1 rings (SSSR count). The predicted octanol–water partition coefficient (Wildman–Crippen LogP) is 1.25. The molecule has 0 saturated carbocycles. The van der Waals surface area contributed by atoms with Gasteiger partial charge in [0.2, 0.25) is 0 Å². The molecule has 14 heavy (non-hydrogen) atoms. The summed E-state index contributed by atoms with van der Waals surface area (Å²) in [6, 6.07) is 6.48. The van der Waals surface area contributed by atoms with Crippen molar-refractivity contribution in [3.8, 4) is 11.8 Å². The van der Waals surface area contributed by atoms with Crippen molar-refractivity contribution in [1.29, 1.82) is 5.26 Å². The number of aromatic hydroxyl groups is 1. The molecule has 0 atom stereocenters. The highest BCUT2D eigenvalue weighted by molar-refractivity contribution is 14.1. The molecule has 1 aromatic carbocycles. The Morgan fingerprint density at radius 1 is 1.64 bits per heavy atom. The Kier molecular flexibility index (Phi) is 3.71. The van der Waals surface area contributed by atoms with E-state index in [2.05, 4.69) is 5.32 Å². The molecule has 4 nitrogen and oxygen atoms in total. The molecule has 0 spiro atoms. The van der Waals surface area contributed by atoms with Gasteiger partial charge in [0.05, 0.1) is 11.6 Å². The van der Waals surface area contributed by atoms with Gasteiger partial charge in [-0.2, -0.15) is 5.26 Å². The second-order valence-corrected chi connectivity index (χ2v) is 3.75. The molecule has 1 aromatic rings. The summed E-state index contributed by atoms with van der Waals surface area (Å²) >= 11 is 2.04. The minimum Gasteiger partial charge on any atom is -0.507 e. The first-order valence-corrected chi connectivity index (χ1v) is 4.86. The highest BCUT2D eigenvalue weighted by Crippen LogP contribution is 2.19. The van der Waals surface area contributed by atoms with Gasteiger partial charge in [0, 0.05) is 3.57 Å². The van der Waals surface area contributed by atoms with Crippen molar-refractivity contribution >= 4 is 28.5 Å². The molecule has 1 amide bonds. The molecule has 0 heterocycles. The maximum Gasteiger partial charge on any atom is 0.255 e. The van der Waals surface area contributed by atoms with Crippen LogP contribution in [0.1, 0.15) is 10.4 Å². The van der Waals surface area contributed by atoms with E-state index >= 15 is 0 Å². The van der Waals surface area contributed by atoms with E-state index in [1.165, 1.54) is 6.07 Å². The molecule has 0 bridgehead atoms. The fourth-order valence-electron chi connectivity index (χ4n) is 0.905. The van der Waals surface area contributed by atoms with Crippen molar-refractivity contribution in [1.82, 2.24) is 5.32 Å². The lowest BCUT2D eigenvalue weighted by Gasteiger charge is -2.03. The van der Waals surface area contributed by atoms with Gasteiger partial charge < -0.3 is 10.4 Å². The number of halogens is 1. The summed E-state index contributed by atoms with van der Waals surface area (Å²) in [6.45, 7) is -0.0657. The quantitative estimate of drug-likeness (QED) is 0.638. The minimum absolute atomic E-state index is 0.0657. The zero-order valence-electron chi connectivity index (χ0n) is 7.12. The smallest absolute Gasteiger partial charge is 0.255 e. The Morgan fingerprint density at radius 2 is 2.36 bits per heavy atom. The number of carbonyl (C=O) groups is 1. The summed E-state index contributed by atoms with van der Waals surface area (Å²) in [4.78, 5) is 11.4. The number of benzene rings is 1. The molecule has 0 radical (unpaired) electrons. The topological polar surface area (TPSA) is 73.1 Å². The number of rotatable bonds is 2. The number of phenols is 1. The van der Waals surface area contributed by atoms with Crippen LogP contribution in [0, 0.1) is 14.9 Å². The molecule has 72 valence electrons. The number of phenolic OH excluding ortho intramolecular Hbond substituents is 1. The van der Waals surface area contributed by atoms with Crippen LogP contribution in [0.2, 0.25) is 0 Å². The number of nitrogens with one attached hydrogen (secondary N) is 1. The molecule has 0 aliphatic rings. The Labute approximate surface area is 94.7 Å². The molecule has 5 heteroatoms. The van der Waals surface area contributed by atoms with Crippen molar-refractivity contribution in [2.24, 2.45) is 0 Å². The van der Waals surface area contributed by atoms with Crippen LogP contribution in [-0.2, 0) is 0 Å². The lowest BCUT2D eigenvalue weighted by atomic mass is 10.2. The third kappa shape index (κ3) is 2.60. The van der Waals surface area contributed by atoms with Gasteiger partial charge in [0.15, 0.2) is 0 Å². The zero-order valence-corrected chi connectivity index (χ0v) is 9.28. The first kappa shape index (κ1) is 10.8. The van der Waals surface area contributed by atoms with Gasteiger partial charge in [-0.1, -0.05) is 0 Å². The molecule has 0 aliphatic heterocycles. The monoisotopic (exact) mass is 302 g/mol. The number of hydrogen-bond acceptors (Lipinski definition) is 3. The van der Waals surface area contributed by atoms with E-state index in [1.807, 2.05) is 22.6 Å². The first-order valence-electron chi connectivity index (χ1n) is 3.79. The third-order valence-corrected chi connectivity index (χ3v) is 2.20. The van der Waals surface area contributed by atoms with Crippen LogP contribution in [0.25, 0.3) is 0 Å². The molecule has 0 unspecified atom stereocenters. The summed E-state index contributed by atoms with van der Waals surface area (Å²) in [5.41, 5.74) is 0.187. The second-order valence-electron chi connectivity index (χ2n) is 2.50. The van der Waals surface area contributed by atoms with Crippen molar-refractivity contribution in [2.45, 2.75) is 0 Å². The van der Waals surface area contributed by atoms with Gasteiger partial charge in [0.25, 0.3) is 5.91 Å². The van der Waals surface area contributed by atoms with Crippen LogP contribution in [0.5, 0.6) is 5.75 Å². The fourth-order valence-corrected chi connectivity index (χ4v) is 1.40. The standard InChI is InChI=1S/C9H7IN2O2/c10-6-1-2-8(13)7(5-6)9(14)12-4-3-11/h1-2,5,13H,4H2,(H,12,14). The van der Waals surface area contributed by atoms with E-state index in [-0.39, 0.29) is 17.9 Å². The molecule has 0 aromatic heterocycles. The maximum atomic E-state index is 11.4. The maximum absolute atomic E-state index is 11.4. The van der Waals surface area contributed by atoms with Crippen LogP contribution in [0.4, 0.5) is 0 Å². The van der Waals surface area contributed by atoms with Gasteiger partial charge in [-0.3, -0.25) is 4.79 Å². The summed E-state index contributed by atoms with van der Waals surface area (Å²) in [6.07, 6.45) is 0. The van der Waals surface area contributed by atoms with Crippen molar-refractivity contribution in [2.75, 3.05) is 6.54 Å². The van der Waals surface area contributed by atoms with Crippen LogP contribution in [0.3, 0.4) is 0 Å². The number of carbonyl (C=O) groups excluding carboxylic acids is 1. The summed E-state index contributed by atoms with van der Waals surface area (Å²) in [5.74, 6) is -0.525. The van der Waals surface area contributed by atoms with E-state index in [9.17, 15) is 9.90 Å². The van der Waals surface area contributed by atoms with Gasteiger partial charge in [0.1, 0.15) is 12.3 Å². The first-order chi connectivity index (χ1) is 6.65. The Hall–Kier alpha value is -1.29. The van der Waals surface area contributed by atoms with E-state index in [1.54, 1.807) is 18.2 Å². The van der Waals surface area contributed by atoms with E-state index in [0.29, 0.717) is 0 Å². The SMILES string of the molecule is N#CCNC(=O)c1cc(I)ccc1O. The van der Waals surface area contributed by atoms with E-state index < -0.39 is 5.91 Å². The van der Waals surface area contributed by atoms with Gasteiger partial charge in [-0.25, -0.2) is 0 Å². The van der Waals surface area contributed by atoms with Crippen molar-refractivity contribution in [3.63, 3.8) is 0 Å². The Balaban J connectivity index is 2.90. The Morgan fingerprint density at radius 3 is 3.00 bits per heavy atom. The summed E-state index contributed by atoms with van der Waals surface area (Å²) in [7, 11) is 0. The normalized spacial score (nSPS) is 9.14. The average Bonchev–Trinajstić information content (AvgIpc) is 2.18. The van der Waals surface area contributed by atoms with Crippen molar-refractivity contribution in [3.05, 3.63) is 27.3 Å². The fraction of sp³-hybridized carbons (Fsp3) is 0.111. The van der Waals surface area contributed by atoms with Crippen molar-refractivity contribution < 1.29 is 9.90 Å². The Bertz CT molecular complexity index is 398. The number of nitrogens with zero attached hydrogens (tertiary/aromatic N) is 1. The van der Waals surface area contributed by atoms with Gasteiger partial charge >= 0.3 is 0 Å².